The van der Waals surface area contributed by atoms with Crippen molar-refractivity contribution >= 4 is 34.8 Å². The summed E-state index contributed by atoms with van der Waals surface area (Å²) in [5, 5.41) is 6.03. The molecule has 3 aromatic carbocycles. The van der Waals surface area contributed by atoms with Crippen LogP contribution in [-0.4, -0.2) is 18.9 Å². The lowest BCUT2D eigenvalue weighted by molar-refractivity contribution is 0.101. The summed E-state index contributed by atoms with van der Waals surface area (Å²) < 4.78 is 11.0. The third kappa shape index (κ3) is 3.50. The first kappa shape index (κ1) is 17.9. The van der Waals surface area contributed by atoms with Crippen LogP contribution in [0.3, 0.4) is 0 Å². The molecule has 28 heavy (non-hydrogen) atoms. The summed E-state index contributed by atoms with van der Waals surface area (Å²) in [6.07, 6.45) is 0. The van der Waals surface area contributed by atoms with Crippen molar-refractivity contribution in [3.63, 3.8) is 0 Å². The molecule has 1 heterocycles. The molecule has 0 atom stereocenters. The molecule has 1 aliphatic heterocycles. The second kappa shape index (κ2) is 7.25. The normalized spacial score (nSPS) is 12.0. The van der Waals surface area contributed by atoms with E-state index in [1.54, 1.807) is 60.7 Å². The van der Waals surface area contributed by atoms with E-state index >= 15 is 0 Å². The molecule has 0 saturated carbocycles. The van der Waals surface area contributed by atoms with E-state index in [1.165, 1.54) is 7.11 Å². The smallest absolute Gasteiger partial charge is 0.259 e. The number of ether oxygens (including phenoxy) is 2. The first-order valence-corrected chi connectivity index (χ1v) is 8.79. The van der Waals surface area contributed by atoms with E-state index in [-0.39, 0.29) is 11.8 Å². The topological polar surface area (TPSA) is 76.7 Å². The lowest BCUT2D eigenvalue weighted by Gasteiger charge is -2.10. The van der Waals surface area contributed by atoms with E-state index in [9.17, 15) is 9.59 Å². The maximum absolute atomic E-state index is 12.6. The van der Waals surface area contributed by atoms with Crippen molar-refractivity contribution in [2.45, 2.75) is 0 Å². The highest BCUT2D eigenvalue weighted by atomic mass is 35.5. The van der Waals surface area contributed by atoms with Gasteiger partial charge in [-0.2, -0.15) is 0 Å². The highest BCUT2D eigenvalue weighted by molar-refractivity contribution is 6.31. The molecule has 7 heteroatoms. The van der Waals surface area contributed by atoms with Gasteiger partial charge in [-0.15, -0.1) is 0 Å². The molecular weight excluding hydrogens is 380 g/mol. The Balaban J connectivity index is 1.61. The lowest BCUT2D eigenvalue weighted by atomic mass is 10.1. The number of anilines is 2. The summed E-state index contributed by atoms with van der Waals surface area (Å²) >= 11 is 5.99. The fourth-order valence-corrected chi connectivity index (χ4v) is 3.01. The van der Waals surface area contributed by atoms with Crippen LogP contribution in [0.2, 0.25) is 5.02 Å². The van der Waals surface area contributed by atoms with E-state index in [1.807, 2.05) is 0 Å². The van der Waals surface area contributed by atoms with E-state index < -0.39 is 0 Å². The average molecular weight is 395 g/mol. The average Bonchev–Trinajstić information content (AvgIpc) is 2.83. The number of rotatable bonds is 3. The minimum Gasteiger partial charge on any atom is -0.497 e. The van der Waals surface area contributed by atoms with Crippen molar-refractivity contribution in [2.75, 3.05) is 17.7 Å². The van der Waals surface area contributed by atoms with Gasteiger partial charge in [0.15, 0.2) is 5.75 Å². The third-order valence-electron chi connectivity index (χ3n) is 4.22. The summed E-state index contributed by atoms with van der Waals surface area (Å²) in [5.41, 5.74) is 1.69. The van der Waals surface area contributed by atoms with Gasteiger partial charge in [0.1, 0.15) is 11.5 Å². The Morgan fingerprint density at radius 3 is 2.71 bits per heavy atom. The fraction of sp³-hybridized carbons (Fsp3) is 0.0476. The Bertz CT molecular complexity index is 1100. The monoisotopic (exact) mass is 394 g/mol. The number of carbonyl (C=O) groups is 2. The molecule has 2 amide bonds. The molecule has 0 aliphatic carbocycles. The minimum absolute atomic E-state index is 0.302. The molecular formula is C21H15ClN2O4. The van der Waals surface area contributed by atoms with Gasteiger partial charge in [0.2, 0.25) is 0 Å². The largest absolute Gasteiger partial charge is 0.497 e. The highest BCUT2D eigenvalue weighted by Gasteiger charge is 2.22. The summed E-state index contributed by atoms with van der Waals surface area (Å²) in [6, 6.07) is 16.7. The summed E-state index contributed by atoms with van der Waals surface area (Å²) in [5.74, 6) is 0.791. The molecule has 0 spiro atoms. The zero-order valence-corrected chi connectivity index (χ0v) is 15.5. The van der Waals surface area contributed by atoms with E-state index in [2.05, 4.69) is 10.6 Å². The predicted octanol–water partition coefficient (Wildman–Crippen LogP) is 4.96. The number of benzene rings is 3. The van der Waals surface area contributed by atoms with Crippen molar-refractivity contribution < 1.29 is 19.1 Å². The molecule has 0 bridgehead atoms. The zero-order chi connectivity index (χ0) is 19.7. The zero-order valence-electron chi connectivity index (χ0n) is 14.8. The SMILES string of the molecule is COc1cccc(C(=O)Nc2ccc3c(c2)C(=O)Nc2cc(Cl)ccc2O3)c1. The van der Waals surface area contributed by atoms with Crippen molar-refractivity contribution in [3.8, 4) is 17.2 Å². The Hall–Kier alpha value is -3.51. The highest BCUT2D eigenvalue weighted by Crippen LogP contribution is 2.38. The molecule has 0 aromatic heterocycles. The second-order valence-corrected chi connectivity index (χ2v) is 6.53. The van der Waals surface area contributed by atoms with Gasteiger partial charge in [-0.1, -0.05) is 17.7 Å². The lowest BCUT2D eigenvalue weighted by Crippen LogP contribution is -2.14. The number of halogens is 1. The molecule has 0 radical (unpaired) electrons. The van der Waals surface area contributed by atoms with Crippen molar-refractivity contribution in [2.24, 2.45) is 0 Å². The van der Waals surface area contributed by atoms with Crippen molar-refractivity contribution in [1.29, 1.82) is 0 Å². The number of amides is 2. The van der Waals surface area contributed by atoms with Crippen LogP contribution in [0.1, 0.15) is 20.7 Å². The summed E-state index contributed by atoms with van der Waals surface area (Å²) in [4.78, 5) is 25.1. The molecule has 2 N–H and O–H groups in total. The first-order valence-electron chi connectivity index (χ1n) is 8.42. The quantitative estimate of drug-likeness (QED) is 0.658. The first-order chi connectivity index (χ1) is 13.5. The van der Waals surface area contributed by atoms with Gasteiger partial charge < -0.3 is 20.1 Å². The number of carbonyl (C=O) groups excluding carboxylic acids is 2. The van der Waals surface area contributed by atoms with Gasteiger partial charge in [-0.3, -0.25) is 9.59 Å². The maximum atomic E-state index is 12.6. The van der Waals surface area contributed by atoms with Gasteiger partial charge in [-0.05, 0) is 54.6 Å². The minimum atomic E-state index is -0.353. The third-order valence-corrected chi connectivity index (χ3v) is 4.46. The van der Waals surface area contributed by atoms with Gasteiger partial charge in [0.05, 0.1) is 18.4 Å². The Labute approximate surface area is 166 Å². The maximum Gasteiger partial charge on any atom is 0.259 e. The van der Waals surface area contributed by atoms with Crippen LogP contribution >= 0.6 is 11.6 Å². The number of hydrogen-bond donors (Lipinski definition) is 2. The van der Waals surface area contributed by atoms with Crippen LogP contribution in [0.4, 0.5) is 11.4 Å². The molecule has 6 nitrogen and oxygen atoms in total. The molecule has 0 fully saturated rings. The van der Waals surface area contributed by atoms with Crippen LogP contribution in [-0.2, 0) is 0 Å². The van der Waals surface area contributed by atoms with Crippen molar-refractivity contribution in [3.05, 3.63) is 76.8 Å². The standard InChI is InChI=1S/C21H15ClN2O4/c1-27-15-4-2-3-12(9-15)20(25)23-14-6-8-18-16(11-14)21(26)24-17-10-13(22)5-7-19(17)28-18/h2-11H,1H3,(H,23,25)(H,24,26). The molecule has 0 saturated heterocycles. The number of methoxy groups -OCH3 is 1. The van der Waals surface area contributed by atoms with Crippen LogP contribution < -0.4 is 20.1 Å². The molecule has 4 rings (SSSR count). The van der Waals surface area contributed by atoms with Gasteiger partial charge in [-0.25, -0.2) is 0 Å². The van der Waals surface area contributed by atoms with Crippen LogP contribution in [0, 0.1) is 0 Å². The number of hydrogen-bond acceptors (Lipinski definition) is 4. The Kier molecular flexibility index (Phi) is 4.63. The summed E-state index contributed by atoms with van der Waals surface area (Å²) in [6.45, 7) is 0. The van der Waals surface area contributed by atoms with Crippen molar-refractivity contribution in [1.82, 2.24) is 0 Å². The molecule has 0 unspecified atom stereocenters. The Morgan fingerprint density at radius 1 is 1.07 bits per heavy atom. The second-order valence-electron chi connectivity index (χ2n) is 6.09. The van der Waals surface area contributed by atoms with E-state index in [0.717, 1.165) is 0 Å². The fourth-order valence-electron chi connectivity index (χ4n) is 2.84. The predicted molar refractivity (Wildman–Crippen MR) is 107 cm³/mol. The molecule has 3 aromatic rings. The van der Waals surface area contributed by atoms with Crippen LogP contribution in [0.25, 0.3) is 0 Å². The van der Waals surface area contributed by atoms with Crippen LogP contribution in [0.5, 0.6) is 17.2 Å². The molecule has 1 aliphatic rings. The van der Waals surface area contributed by atoms with Gasteiger partial charge in [0.25, 0.3) is 11.8 Å². The number of nitrogens with one attached hydrogen (secondary N) is 2. The van der Waals surface area contributed by atoms with E-state index in [4.69, 9.17) is 21.1 Å². The number of fused-ring (bicyclic) bond motifs is 2. The van der Waals surface area contributed by atoms with Gasteiger partial charge >= 0.3 is 0 Å². The Morgan fingerprint density at radius 2 is 1.89 bits per heavy atom. The van der Waals surface area contributed by atoms with Crippen LogP contribution in [0.15, 0.2) is 60.7 Å². The molecule has 140 valence electrons. The van der Waals surface area contributed by atoms with E-state index in [0.29, 0.717) is 44.8 Å². The summed E-state index contributed by atoms with van der Waals surface area (Å²) in [7, 11) is 1.54. The van der Waals surface area contributed by atoms with Gasteiger partial charge in [0, 0.05) is 16.3 Å².